The Hall–Kier alpha value is -3.28. The van der Waals surface area contributed by atoms with Crippen molar-refractivity contribution in [3.05, 3.63) is 65.4 Å². The average molecular weight is 393 g/mol. The van der Waals surface area contributed by atoms with E-state index in [4.69, 9.17) is 9.47 Å². The van der Waals surface area contributed by atoms with Crippen LogP contribution in [0.4, 0.5) is 17.5 Å². The third-order valence-electron chi connectivity index (χ3n) is 4.60. The van der Waals surface area contributed by atoms with Crippen LogP contribution in [0, 0.1) is 6.92 Å². The zero-order chi connectivity index (χ0) is 20.8. The minimum Gasteiger partial charge on any atom is -0.493 e. The molecule has 0 fully saturated rings. The number of methoxy groups -OCH3 is 2. The summed E-state index contributed by atoms with van der Waals surface area (Å²) in [5.74, 6) is 3.16. The zero-order valence-corrected chi connectivity index (χ0v) is 17.6. The third-order valence-corrected chi connectivity index (χ3v) is 4.60. The molecule has 1 heterocycles. The van der Waals surface area contributed by atoms with E-state index in [0.29, 0.717) is 29.9 Å². The Morgan fingerprint density at radius 3 is 2.41 bits per heavy atom. The molecule has 2 N–H and O–H groups in total. The predicted molar refractivity (Wildman–Crippen MR) is 117 cm³/mol. The monoisotopic (exact) mass is 392 g/mol. The van der Waals surface area contributed by atoms with Crippen LogP contribution >= 0.6 is 0 Å². The Balaban J connectivity index is 1.76. The Morgan fingerprint density at radius 1 is 0.931 bits per heavy atom. The van der Waals surface area contributed by atoms with Gasteiger partial charge in [0.25, 0.3) is 0 Å². The molecule has 0 amide bonds. The van der Waals surface area contributed by atoms with Crippen LogP contribution in [-0.4, -0.2) is 24.2 Å². The molecule has 0 aliphatic heterocycles. The van der Waals surface area contributed by atoms with Crippen molar-refractivity contribution < 1.29 is 9.47 Å². The molecule has 6 nitrogen and oxygen atoms in total. The summed E-state index contributed by atoms with van der Waals surface area (Å²) in [7, 11) is 3.26. The number of nitrogens with zero attached hydrogens (tertiary/aromatic N) is 2. The lowest BCUT2D eigenvalue weighted by Gasteiger charge is -2.15. The molecule has 0 saturated carbocycles. The topological polar surface area (TPSA) is 68.3 Å². The van der Waals surface area contributed by atoms with E-state index in [-0.39, 0.29) is 0 Å². The van der Waals surface area contributed by atoms with Crippen LogP contribution in [0.25, 0.3) is 0 Å². The maximum atomic E-state index is 5.37. The normalized spacial score (nSPS) is 10.7. The van der Waals surface area contributed by atoms with Crippen LogP contribution in [0.2, 0.25) is 0 Å². The van der Waals surface area contributed by atoms with Gasteiger partial charge in [-0.05, 0) is 42.2 Å². The van der Waals surface area contributed by atoms with Gasteiger partial charge in [0.15, 0.2) is 11.5 Å². The summed E-state index contributed by atoms with van der Waals surface area (Å²) in [5.41, 5.74) is 4.25. The summed E-state index contributed by atoms with van der Waals surface area (Å²) in [6.07, 6.45) is 0. The zero-order valence-electron chi connectivity index (χ0n) is 17.6. The molecule has 0 atom stereocenters. The van der Waals surface area contributed by atoms with Crippen LogP contribution in [0.5, 0.6) is 11.5 Å². The van der Waals surface area contributed by atoms with E-state index >= 15 is 0 Å². The highest BCUT2D eigenvalue weighted by Crippen LogP contribution is 2.28. The third kappa shape index (κ3) is 5.16. The maximum absolute atomic E-state index is 5.37. The van der Waals surface area contributed by atoms with Crippen molar-refractivity contribution in [1.82, 2.24) is 9.97 Å². The fraction of sp³-hybridized carbons (Fsp3) is 0.304. The molecule has 0 aliphatic rings. The molecule has 0 aliphatic carbocycles. The number of hydrogen-bond acceptors (Lipinski definition) is 6. The van der Waals surface area contributed by atoms with Gasteiger partial charge in [0, 0.05) is 24.0 Å². The fourth-order valence-corrected chi connectivity index (χ4v) is 3.14. The van der Waals surface area contributed by atoms with Crippen LogP contribution < -0.4 is 20.1 Å². The number of ether oxygens (including phenoxy) is 2. The molecule has 29 heavy (non-hydrogen) atoms. The summed E-state index contributed by atoms with van der Waals surface area (Å²) in [6, 6.07) is 16.1. The molecular formula is C23H28N4O2. The first kappa shape index (κ1) is 20.5. The van der Waals surface area contributed by atoms with E-state index in [1.54, 1.807) is 14.2 Å². The highest BCUT2D eigenvalue weighted by atomic mass is 16.5. The Morgan fingerprint density at radius 2 is 1.69 bits per heavy atom. The number of aromatic nitrogens is 2. The predicted octanol–water partition coefficient (Wildman–Crippen LogP) is 5.28. The molecule has 3 rings (SSSR count). The van der Waals surface area contributed by atoms with Crippen molar-refractivity contribution in [2.45, 2.75) is 33.2 Å². The quantitative estimate of drug-likeness (QED) is 0.543. The van der Waals surface area contributed by atoms with E-state index in [1.165, 1.54) is 5.56 Å². The number of aryl methyl sites for hydroxylation is 1. The standard InChI is InChI=1S/C23H28N4O2/c1-15(2)18-8-6-7-9-19(18)26-22-12-16(3)25-23(27-22)24-14-17-10-11-20(28-4)21(13-17)29-5/h6-13,15H,14H2,1-5H3,(H2,24,25,26,27). The molecule has 0 bridgehead atoms. The van der Waals surface area contributed by atoms with E-state index in [2.05, 4.69) is 52.6 Å². The second kappa shape index (κ2) is 9.28. The molecule has 0 saturated heterocycles. The highest BCUT2D eigenvalue weighted by Gasteiger charge is 2.09. The molecule has 152 valence electrons. The first-order valence-corrected chi connectivity index (χ1v) is 9.66. The van der Waals surface area contributed by atoms with Gasteiger partial charge in [-0.25, -0.2) is 4.98 Å². The second-order valence-corrected chi connectivity index (χ2v) is 7.13. The first-order chi connectivity index (χ1) is 14.0. The molecular weight excluding hydrogens is 364 g/mol. The lowest BCUT2D eigenvalue weighted by molar-refractivity contribution is 0.354. The van der Waals surface area contributed by atoms with Crippen molar-refractivity contribution >= 4 is 17.5 Å². The number of rotatable bonds is 8. The van der Waals surface area contributed by atoms with Gasteiger partial charge in [-0.15, -0.1) is 0 Å². The lowest BCUT2D eigenvalue weighted by Crippen LogP contribution is -2.07. The smallest absolute Gasteiger partial charge is 0.225 e. The van der Waals surface area contributed by atoms with Crippen molar-refractivity contribution in [2.75, 3.05) is 24.9 Å². The summed E-state index contributed by atoms with van der Waals surface area (Å²) in [6.45, 7) is 6.90. The van der Waals surface area contributed by atoms with Crippen molar-refractivity contribution in [2.24, 2.45) is 0 Å². The number of para-hydroxylation sites is 1. The van der Waals surface area contributed by atoms with E-state index < -0.39 is 0 Å². The van der Waals surface area contributed by atoms with Crippen molar-refractivity contribution in [3.8, 4) is 11.5 Å². The van der Waals surface area contributed by atoms with Crippen LogP contribution in [-0.2, 0) is 6.54 Å². The SMILES string of the molecule is COc1ccc(CNc2nc(C)cc(Nc3ccccc3C(C)C)n2)cc1OC. The van der Waals surface area contributed by atoms with E-state index in [1.807, 2.05) is 37.3 Å². The number of benzene rings is 2. The Labute approximate surface area is 172 Å². The van der Waals surface area contributed by atoms with Crippen LogP contribution in [0.3, 0.4) is 0 Å². The molecule has 1 aromatic heterocycles. The number of hydrogen-bond donors (Lipinski definition) is 2. The van der Waals surface area contributed by atoms with Gasteiger partial charge < -0.3 is 20.1 Å². The van der Waals surface area contributed by atoms with Crippen molar-refractivity contribution in [1.29, 1.82) is 0 Å². The largest absolute Gasteiger partial charge is 0.493 e. The molecule has 0 spiro atoms. The lowest BCUT2D eigenvalue weighted by atomic mass is 10.0. The molecule has 6 heteroatoms. The van der Waals surface area contributed by atoms with Gasteiger partial charge in [-0.1, -0.05) is 38.1 Å². The Bertz CT molecular complexity index is 973. The van der Waals surface area contributed by atoms with Crippen LogP contribution in [0.15, 0.2) is 48.5 Å². The second-order valence-electron chi connectivity index (χ2n) is 7.13. The minimum absolute atomic E-state index is 0.421. The fourth-order valence-electron chi connectivity index (χ4n) is 3.14. The van der Waals surface area contributed by atoms with Crippen molar-refractivity contribution in [3.63, 3.8) is 0 Å². The van der Waals surface area contributed by atoms with Gasteiger partial charge in [0.05, 0.1) is 14.2 Å². The number of nitrogens with one attached hydrogen (secondary N) is 2. The minimum atomic E-state index is 0.421. The van der Waals surface area contributed by atoms with E-state index in [0.717, 1.165) is 22.8 Å². The summed E-state index contributed by atoms with van der Waals surface area (Å²) < 4.78 is 10.7. The molecule has 0 unspecified atom stereocenters. The van der Waals surface area contributed by atoms with Gasteiger partial charge in [0.1, 0.15) is 5.82 Å². The summed E-state index contributed by atoms with van der Waals surface area (Å²) >= 11 is 0. The van der Waals surface area contributed by atoms with Gasteiger partial charge in [0.2, 0.25) is 5.95 Å². The van der Waals surface area contributed by atoms with E-state index in [9.17, 15) is 0 Å². The molecule has 0 radical (unpaired) electrons. The van der Waals surface area contributed by atoms with Gasteiger partial charge in [-0.2, -0.15) is 4.98 Å². The molecule has 2 aromatic carbocycles. The van der Waals surface area contributed by atoms with Crippen LogP contribution in [0.1, 0.15) is 36.6 Å². The average Bonchev–Trinajstić information content (AvgIpc) is 2.72. The first-order valence-electron chi connectivity index (χ1n) is 9.66. The highest BCUT2D eigenvalue weighted by molar-refractivity contribution is 5.62. The summed E-state index contributed by atoms with van der Waals surface area (Å²) in [5, 5.41) is 6.73. The summed E-state index contributed by atoms with van der Waals surface area (Å²) in [4.78, 5) is 9.14. The number of anilines is 3. The van der Waals surface area contributed by atoms with Gasteiger partial charge >= 0.3 is 0 Å². The Kier molecular flexibility index (Phi) is 6.54. The molecule has 3 aromatic rings. The van der Waals surface area contributed by atoms with Gasteiger partial charge in [-0.3, -0.25) is 0 Å². The maximum Gasteiger partial charge on any atom is 0.225 e.